The first kappa shape index (κ1) is 13.0. The lowest BCUT2D eigenvalue weighted by Gasteiger charge is -2.29. The van der Waals surface area contributed by atoms with Crippen LogP contribution < -0.4 is 5.32 Å². The Labute approximate surface area is 109 Å². The summed E-state index contributed by atoms with van der Waals surface area (Å²) >= 11 is 1.44. The van der Waals surface area contributed by atoms with E-state index in [1.165, 1.54) is 30.0 Å². The Hall–Kier alpha value is -1.40. The van der Waals surface area contributed by atoms with Crippen molar-refractivity contribution < 1.29 is 20.1 Å². The van der Waals surface area contributed by atoms with Crippen molar-refractivity contribution in [1.29, 1.82) is 0 Å². The van der Waals surface area contributed by atoms with Crippen molar-refractivity contribution in [3.63, 3.8) is 0 Å². The highest BCUT2D eigenvalue weighted by atomic mass is 32.2. The van der Waals surface area contributed by atoms with Gasteiger partial charge in [0.25, 0.3) is 0 Å². The Bertz CT molecular complexity index is 479. The number of carboxylic acid groups (broad SMARTS) is 1. The van der Waals surface area contributed by atoms with E-state index < -0.39 is 16.9 Å². The minimum absolute atomic E-state index is 0.0526. The minimum atomic E-state index is -0.905. The lowest BCUT2D eigenvalue weighted by Crippen LogP contribution is -2.42. The van der Waals surface area contributed by atoms with Crippen molar-refractivity contribution in [3.8, 4) is 11.5 Å². The number of aromatic hydroxyl groups is 2. The lowest BCUT2D eigenvalue weighted by molar-refractivity contribution is -0.138. The van der Waals surface area contributed by atoms with Crippen molar-refractivity contribution in [3.05, 3.63) is 23.8 Å². The van der Waals surface area contributed by atoms with Gasteiger partial charge in [0.2, 0.25) is 0 Å². The Balaban J connectivity index is 2.39. The van der Waals surface area contributed by atoms with E-state index in [1.807, 2.05) is 6.92 Å². The molecule has 1 aliphatic heterocycles. The van der Waals surface area contributed by atoms with Gasteiger partial charge in [-0.25, -0.2) is 0 Å². The fourth-order valence-electron chi connectivity index (χ4n) is 2.12. The number of carbonyl (C=O) groups is 1. The molecule has 2 atom stereocenters. The number of phenolic OH excluding ortho intramolecular Hbond substituents is 2. The number of benzene rings is 1. The van der Waals surface area contributed by atoms with Gasteiger partial charge in [0.1, 0.15) is 17.5 Å². The topological polar surface area (TPSA) is 89.8 Å². The van der Waals surface area contributed by atoms with Gasteiger partial charge in [0.15, 0.2) is 0 Å². The summed E-state index contributed by atoms with van der Waals surface area (Å²) in [6, 6.07) is 3.65. The third-order valence-corrected chi connectivity index (χ3v) is 4.73. The maximum atomic E-state index is 11.0. The van der Waals surface area contributed by atoms with E-state index in [-0.39, 0.29) is 11.5 Å². The van der Waals surface area contributed by atoms with E-state index in [1.54, 1.807) is 0 Å². The Morgan fingerprint density at radius 2 is 2.28 bits per heavy atom. The fourth-order valence-corrected chi connectivity index (χ4v) is 3.55. The van der Waals surface area contributed by atoms with Gasteiger partial charge in [-0.15, -0.1) is 11.8 Å². The predicted molar refractivity (Wildman–Crippen MR) is 68.8 cm³/mol. The molecule has 0 aromatic heterocycles. The summed E-state index contributed by atoms with van der Waals surface area (Å²) in [5.74, 6) is -0.367. The van der Waals surface area contributed by atoms with E-state index in [4.69, 9.17) is 5.11 Å². The zero-order valence-corrected chi connectivity index (χ0v) is 10.7. The summed E-state index contributed by atoms with van der Waals surface area (Å²) in [5, 5.41) is 31.5. The normalized spacial score (nSPS) is 27.3. The molecule has 1 aliphatic rings. The minimum Gasteiger partial charge on any atom is -0.508 e. The molecule has 0 bridgehead atoms. The maximum absolute atomic E-state index is 11.0. The molecule has 0 spiro atoms. The monoisotopic (exact) mass is 269 g/mol. The summed E-state index contributed by atoms with van der Waals surface area (Å²) in [7, 11) is 0. The average Bonchev–Trinajstić information content (AvgIpc) is 2.78. The van der Waals surface area contributed by atoms with Crippen LogP contribution in [-0.4, -0.2) is 33.1 Å². The zero-order chi connectivity index (χ0) is 13.3. The molecule has 0 radical (unpaired) electrons. The maximum Gasteiger partial charge on any atom is 0.321 e. The number of hydrogen-bond acceptors (Lipinski definition) is 5. The van der Waals surface area contributed by atoms with Crippen LogP contribution in [0.3, 0.4) is 0 Å². The van der Waals surface area contributed by atoms with Gasteiger partial charge < -0.3 is 15.3 Å². The number of carboxylic acids is 1. The summed E-state index contributed by atoms with van der Waals surface area (Å²) in [6.07, 6.45) is 0.610. The van der Waals surface area contributed by atoms with Gasteiger partial charge in [0.05, 0.1) is 4.87 Å². The van der Waals surface area contributed by atoms with E-state index in [9.17, 15) is 15.0 Å². The third-order valence-electron chi connectivity index (χ3n) is 3.11. The summed E-state index contributed by atoms with van der Waals surface area (Å²) in [6.45, 7) is 1.91. The molecule has 1 heterocycles. The molecule has 98 valence electrons. The van der Waals surface area contributed by atoms with E-state index in [2.05, 4.69) is 5.32 Å². The first-order valence-electron chi connectivity index (χ1n) is 5.65. The summed E-state index contributed by atoms with van der Waals surface area (Å²) in [4.78, 5) is 10.3. The van der Waals surface area contributed by atoms with Crippen LogP contribution in [0.25, 0.3) is 0 Å². The quantitative estimate of drug-likeness (QED) is 0.621. The average molecular weight is 269 g/mol. The van der Waals surface area contributed by atoms with Crippen LogP contribution in [0, 0.1) is 0 Å². The van der Waals surface area contributed by atoms with Crippen molar-refractivity contribution in [2.45, 2.75) is 24.3 Å². The molecule has 1 aromatic carbocycles. The molecule has 1 aromatic rings. The number of thioether (sulfide) groups is 1. The molecule has 0 amide bonds. The molecule has 18 heavy (non-hydrogen) atoms. The predicted octanol–water partition coefficient (Wildman–Crippen LogP) is 1.45. The fraction of sp³-hybridized carbons (Fsp3) is 0.417. The van der Waals surface area contributed by atoms with Crippen LogP contribution in [0.15, 0.2) is 18.2 Å². The second kappa shape index (κ2) is 4.70. The second-order valence-electron chi connectivity index (χ2n) is 4.23. The number of aliphatic carboxylic acids is 1. The van der Waals surface area contributed by atoms with Gasteiger partial charge in [0, 0.05) is 11.3 Å². The molecule has 1 fully saturated rings. The molecule has 5 nitrogen and oxygen atoms in total. The molecule has 2 rings (SSSR count). The highest BCUT2D eigenvalue weighted by molar-refractivity contribution is 8.00. The molecular formula is C12H15NO4S. The molecule has 2 unspecified atom stereocenters. The largest absolute Gasteiger partial charge is 0.508 e. The Kier molecular flexibility index (Phi) is 3.41. The Morgan fingerprint density at radius 1 is 1.56 bits per heavy atom. The molecule has 0 aliphatic carbocycles. The van der Waals surface area contributed by atoms with E-state index >= 15 is 0 Å². The molecule has 0 saturated carbocycles. The van der Waals surface area contributed by atoms with Crippen LogP contribution in [0.1, 0.15) is 18.9 Å². The number of phenols is 2. The Morgan fingerprint density at radius 3 is 2.83 bits per heavy atom. The van der Waals surface area contributed by atoms with Gasteiger partial charge in [-0.2, -0.15) is 0 Å². The third kappa shape index (κ3) is 2.13. The highest BCUT2D eigenvalue weighted by Crippen LogP contribution is 2.46. The van der Waals surface area contributed by atoms with Crippen LogP contribution in [0.5, 0.6) is 11.5 Å². The number of rotatable bonds is 3. The van der Waals surface area contributed by atoms with Crippen molar-refractivity contribution in [2.24, 2.45) is 0 Å². The second-order valence-corrected chi connectivity index (χ2v) is 5.55. The van der Waals surface area contributed by atoms with Crippen LogP contribution in [0.2, 0.25) is 0 Å². The van der Waals surface area contributed by atoms with Crippen molar-refractivity contribution in [2.75, 3.05) is 5.75 Å². The summed E-state index contributed by atoms with van der Waals surface area (Å²) < 4.78 is 0. The smallest absolute Gasteiger partial charge is 0.321 e. The summed E-state index contributed by atoms with van der Waals surface area (Å²) in [5.41, 5.74) is 0.527. The van der Waals surface area contributed by atoms with E-state index in [0.717, 1.165) is 0 Å². The molecule has 1 saturated heterocycles. The van der Waals surface area contributed by atoms with Crippen LogP contribution in [-0.2, 0) is 9.67 Å². The molecule has 6 heteroatoms. The first-order chi connectivity index (χ1) is 8.48. The number of nitrogens with one attached hydrogen (secondary N) is 1. The van der Waals surface area contributed by atoms with Crippen LogP contribution >= 0.6 is 11.8 Å². The van der Waals surface area contributed by atoms with Gasteiger partial charge >= 0.3 is 5.97 Å². The highest BCUT2D eigenvalue weighted by Gasteiger charge is 2.43. The van der Waals surface area contributed by atoms with Gasteiger partial charge in [-0.1, -0.05) is 6.92 Å². The SMILES string of the molecule is CCC1(c2cc(O)ccc2O)NC(C(=O)O)CS1. The van der Waals surface area contributed by atoms with Gasteiger partial charge in [-0.05, 0) is 24.6 Å². The molecular weight excluding hydrogens is 254 g/mol. The number of hydrogen-bond donors (Lipinski definition) is 4. The first-order valence-corrected chi connectivity index (χ1v) is 6.64. The zero-order valence-electron chi connectivity index (χ0n) is 9.88. The lowest BCUT2D eigenvalue weighted by atomic mass is 10.0. The van der Waals surface area contributed by atoms with Crippen molar-refractivity contribution in [1.82, 2.24) is 5.32 Å². The van der Waals surface area contributed by atoms with Crippen LogP contribution in [0.4, 0.5) is 0 Å². The van der Waals surface area contributed by atoms with E-state index in [0.29, 0.717) is 17.7 Å². The van der Waals surface area contributed by atoms with Gasteiger partial charge in [-0.3, -0.25) is 10.1 Å². The standard InChI is InChI=1S/C12H15NO4S/c1-2-12(13-9(6-18-12)11(16)17)8-5-7(14)3-4-10(8)15/h3-5,9,13-15H,2,6H2,1H3,(H,16,17). The van der Waals surface area contributed by atoms with Crippen molar-refractivity contribution >= 4 is 17.7 Å². The molecule has 4 N–H and O–H groups in total.